The first kappa shape index (κ1) is 19.5. The van der Waals surface area contributed by atoms with Crippen molar-refractivity contribution in [3.05, 3.63) is 50.5 Å². The number of aromatic amines is 1. The first-order valence-electron chi connectivity index (χ1n) is 7.80. The molecule has 0 aliphatic rings. The van der Waals surface area contributed by atoms with Gasteiger partial charge in [0.15, 0.2) is 18.0 Å². The van der Waals surface area contributed by atoms with Crippen LogP contribution < -0.4 is 4.74 Å². The number of nitrogens with zero attached hydrogens (tertiary/aromatic N) is 2. The van der Waals surface area contributed by atoms with Crippen LogP contribution in [0.4, 0.5) is 5.69 Å². The van der Waals surface area contributed by atoms with Gasteiger partial charge in [-0.15, -0.1) is 10.2 Å². The third-order valence-electron chi connectivity index (χ3n) is 3.89. The number of rotatable bonds is 4. The Hall–Kier alpha value is -2.28. The molecule has 0 spiro atoms. The van der Waals surface area contributed by atoms with Gasteiger partial charge in [0, 0.05) is 10.4 Å². The minimum absolute atomic E-state index is 0.132. The van der Waals surface area contributed by atoms with E-state index in [1.807, 2.05) is 26.0 Å². The SMILES string of the molecule is Cc1ccc(C)c2c(N=NC(=O)COc3c(Cl)cc(Cl)cc3Cl)c(O)[nH]c12. The van der Waals surface area contributed by atoms with Crippen molar-refractivity contribution in [1.29, 1.82) is 0 Å². The van der Waals surface area contributed by atoms with Crippen LogP contribution in [-0.2, 0) is 4.79 Å². The Bertz CT molecular complexity index is 1050. The number of halogens is 3. The number of carbonyl (C=O) groups excluding carboxylic acids is 1. The van der Waals surface area contributed by atoms with Gasteiger partial charge in [0.1, 0.15) is 0 Å². The van der Waals surface area contributed by atoms with Gasteiger partial charge in [0.25, 0.3) is 0 Å². The van der Waals surface area contributed by atoms with Gasteiger partial charge in [-0.2, -0.15) is 0 Å². The van der Waals surface area contributed by atoms with Crippen molar-refractivity contribution in [2.45, 2.75) is 13.8 Å². The molecular formula is C18H14Cl3N3O3. The number of aromatic hydroxyl groups is 1. The molecule has 2 N–H and O–H groups in total. The van der Waals surface area contributed by atoms with Crippen molar-refractivity contribution in [3.8, 4) is 11.6 Å². The summed E-state index contributed by atoms with van der Waals surface area (Å²) in [7, 11) is 0. The molecule has 0 saturated carbocycles. The Balaban J connectivity index is 1.79. The van der Waals surface area contributed by atoms with Crippen LogP contribution in [-0.4, -0.2) is 22.6 Å². The van der Waals surface area contributed by atoms with Crippen LogP contribution in [0, 0.1) is 13.8 Å². The maximum atomic E-state index is 12.0. The molecule has 0 saturated heterocycles. The summed E-state index contributed by atoms with van der Waals surface area (Å²) in [6.07, 6.45) is 0. The molecule has 27 heavy (non-hydrogen) atoms. The molecule has 1 aromatic heterocycles. The summed E-state index contributed by atoms with van der Waals surface area (Å²) in [6, 6.07) is 6.73. The monoisotopic (exact) mass is 425 g/mol. The summed E-state index contributed by atoms with van der Waals surface area (Å²) >= 11 is 17.8. The fraction of sp³-hybridized carbons (Fsp3) is 0.167. The van der Waals surface area contributed by atoms with Crippen molar-refractivity contribution >= 4 is 57.3 Å². The third-order valence-corrected chi connectivity index (χ3v) is 4.67. The summed E-state index contributed by atoms with van der Waals surface area (Å²) in [5.41, 5.74) is 2.77. The van der Waals surface area contributed by atoms with E-state index < -0.39 is 12.5 Å². The molecule has 0 aliphatic carbocycles. The number of hydrogen-bond donors (Lipinski definition) is 2. The molecule has 0 atom stereocenters. The number of amides is 1. The summed E-state index contributed by atoms with van der Waals surface area (Å²) in [4.78, 5) is 14.9. The van der Waals surface area contributed by atoms with Crippen LogP contribution in [0.25, 0.3) is 10.9 Å². The summed E-state index contributed by atoms with van der Waals surface area (Å²) in [5.74, 6) is -0.701. The van der Waals surface area contributed by atoms with E-state index >= 15 is 0 Å². The van der Waals surface area contributed by atoms with Gasteiger partial charge < -0.3 is 14.8 Å². The molecule has 3 aromatic rings. The Morgan fingerprint density at radius 1 is 1.15 bits per heavy atom. The van der Waals surface area contributed by atoms with Gasteiger partial charge in [-0.1, -0.05) is 46.9 Å². The van der Waals surface area contributed by atoms with Gasteiger partial charge >= 0.3 is 5.91 Å². The number of aromatic nitrogens is 1. The third kappa shape index (κ3) is 4.03. The lowest BCUT2D eigenvalue weighted by molar-refractivity contribution is -0.120. The molecule has 3 rings (SSSR count). The number of aryl methyl sites for hydroxylation is 2. The standard InChI is InChI=1S/C18H14Cl3N3O3/c1-8-3-4-9(2)15-14(8)16(18(26)22-15)24-23-13(25)7-27-17-11(20)5-10(19)6-12(17)21/h3-6,22,26H,7H2,1-2H3. The molecule has 0 fully saturated rings. The van der Waals surface area contributed by atoms with E-state index in [2.05, 4.69) is 15.2 Å². The molecule has 6 nitrogen and oxygen atoms in total. The number of ether oxygens (including phenoxy) is 1. The number of hydrogen-bond acceptors (Lipinski definition) is 4. The lowest BCUT2D eigenvalue weighted by Crippen LogP contribution is -2.08. The zero-order valence-corrected chi connectivity index (χ0v) is 16.6. The van der Waals surface area contributed by atoms with Gasteiger partial charge in [0.2, 0.25) is 5.88 Å². The maximum absolute atomic E-state index is 12.0. The highest BCUT2D eigenvalue weighted by Gasteiger charge is 2.15. The zero-order chi connectivity index (χ0) is 19.7. The van der Waals surface area contributed by atoms with Crippen LogP contribution in [0.15, 0.2) is 34.5 Å². The highest BCUT2D eigenvalue weighted by atomic mass is 35.5. The van der Waals surface area contributed by atoms with E-state index in [0.717, 1.165) is 16.6 Å². The van der Waals surface area contributed by atoms with Crippen molar-refractivity contribution in [2.24, 2.45) is 10.2 Å². The van der Waals surface area contributed by atoms with Crippen molar-refractivity contribution < 1.29 is 14.6 Å². The molecule has 9 heteroatoms. The molecule has 140 valence electrons. The van der Waals surface area contributed by atoms with E-state index in [0.29, 0.717) is 10.4 Å². The van der Waals surface area contributed by atoms with E-state index in [9.17, 15) is 9.90 Å². The molecule has 0 aliphatic heterocycles. The van der Waals surface area contributed by atoms with E-state index in [4.69, 9.17) is 39.5 Å². The minimum Gasteiger partial charge on any atom is -0.493 e. The number of carbonyl (C=O) groups is 1. The molecule has 1 amide bonds. The number of H-pyrrole nitrogens is 1. The van der Waals surface area contributed by atoms with Crippen molar-refractivity contribution in [3.63, 3.8) is 0 Å². The van der Waals surface area contributed by atoms with Gasteiger partial charge in [-0.05, 0) is 37.1 Å². The van der Waals surface area contributed by atoms with Gasteiger partial charge in [-0.3, -0.25) is 4.79 Å². The molecule has 0 bridgehead atoms. The highest BCUT2D eigenvalue weighted by Crippen LogP contribution is 2.39. The normalized spacial score (nSPS) is 11.4. The first-order chi connectivity index (χ1) is 12.8. The second-order valence-electron chi connectivity index (χ2n) is 5.85. The quantitative estimate of drug-likeness (QED) is 0.491. The molecular weight excluding hydrogens is 413 g/mol. The summed E-state index contributed by atoms with van der Waals surface area (Å²) in [6.45, 7) is 3.35. The van der Waals surface area contributed by atoms with Crippen molar-refractivity contribution in [2.75, 3.05) is 6.61 Å². The second kappa shape index (κ2) is 7.76. The zero-order valence-electron chi connectivity index (χ0n) is 14.3. The molecule has 1 heterocycles. The average Bonchev–Trinajstić information content (AvgIpc) is 2.93. The second-order valence-corrected chi connectivity index (χ2v) is 7.10. The Labute approximate surface area is 169 Å². The number of benzene rings is 2. The Kier molecular flexibility index (Phi) is 5.60. The molecule has 0 radical (unpaired) electrons. The topological polar surface area (TPSA) is 87.0 Å². The van der Waals surface area contributed by atoms with Crippen LogP contribution in [0.2, 0.25) is 15.1 Å². The fourth-order valence-corrected chi connectivity index (χ4v) is 3.53. The largest absolute Gasteiger partial charge is 0.493 e. The van der Waals surface area contributed by atoms with Crippen molar-refractivity contribution in [1.82, 2.24) is 4.98 Å². The minimum atomic E-state index is -0.670. The molecule has 2 aromatic carbocycles. The smallest absolute Gasteiger partial charge is 0.302 e. The first-order valence-corrected chi connectivity index (χ1v) is 8.94. The van der Waals surface area contributed by atoms with Crippen LogP contribution in [0.5, 0.6) is 11.6 Å². The highest BCUT2D eigenvalue weighted by molar-refractivity contribution is 6.40. The number of nitrogens with one attached hydrogen (secondary N) is 1. The van der Waals surface area contributed by atoms with Crippen LogP contribution in [0.1, 0.15) is 11.1 Å². The Morgan fingerprint density at radius 2 is 1.78 bits per heavy atom. The maximum Gasteiger partial charge on any atom is 0.302 e. The number of azo groups is 1. The van der Waals surface area contributed by atoms with E-state index in [1.165, 1.54) is 12.1 Å². The lowest BCUT2D eigenvalue weighted by atomic mass is 10.1. The Morgan fingerprint density at radius 3 is 2.44 bits per heavy atom. The molecule has 0 unspecified atom stereocenters. The van der Waals surface area contributed by atoms with E-state index in [1.54, 1.807) is 0 Å². The fourth-order valence-electron chi connectivity index (χ4n) is 2.61. The van der Waals surface area contributed by atoms with Gasteiger partial charge in [0.05, 0.1) is 15.6 Å². The average molecular weight is 427 g/mol. The summed E-state index contributed by atoms with van der Waals surface area (Å²) in [5, 5.41) is 19.0. The van der Waals surface area contributed by atoms with Crippen LogP contribution >= 0.6 is 34.8 Å². The van der Waals surface area contributed by atoms with E-state index in [-0.39, 0.29) is 27.4 Å². The number of fused-ring (bicyclic) bond motifs is 1. The predicted octanol–water partition coefficient (Wildman–Crippen LogP) is 6.14. The predicted molar refractivity (Wildman–Crippen MR) is 106 cm³/mol. The lowest BCUT2D eigenvalue weighted by Gasteiger charge is -2.08. The van der Waals surface area contributed by atoms with Gasteiger partial charge in [-0.25, -0.2) is 0 Å². The van der Waals surface area contributed by atoms with Crippen LogP contribution in [0.3, 0.4) is 0 Å². The summed E-state index contributed by atoms with van der Waals surface area (Å²) < 4.78 is 5.32.